The van der Waals surface area contributed by atoms with Crippen molar-refractivity contribution in [1.29, 1.82) is 0 Å². The summed E-state index contributed by atoms with van der Waals surface area (Å²) in [5, 5.41) is 0. The van der Waals surface area contributed by atoms with Gasteiger partial charge in [0.15, 0.2) is 5.78 Å². The predicted molar refractivity (Wildman–Crippen MR) is 114 cm³/mol. The SMILES string of the molecule is Cc1ccc2c(c1)N(CC(=O)c1ccccc1)C(C)(C)c1ssc(=S)c1-2. The number of benzene rings is 2. The number of fused-ring (bicyclic) bond motifs is 3. The molecule has 0 saturated carbocycles. The van der Waals surface area contributed by atoms with Gasteiger partial charge in [0.2, 0.25) is 0 Å². The van der Waals surface area contributed by atoms with E-state index in [4.69, 9.17) is 12.2 Å². The van der Waals surface area contributed by atoms with Crippen LogP contribution in [0.4, 0.5) is 5.69 Å². The van der Waals surface area contributed by atoms with Gasteiger partial charge in [-0.05, 0) is 32.4 Å². The third-order valence-corrected chi connectivity index (χ3v) is 8.30. The summed E-state index contributed by atoms with van der Waals surface area (Å²) < 4.78 is 0.942. The number of aryl methyl sites for hydroxylation is 1. The van der Waals surface area contributed by atoms with Crippen LogP contribution in [0.15, 0.2) is 48.5 Å². The molecule has 0 N–H and O–H groups in total. The second-order valence-electron chi connectivity index (χ2n) is 7.11. The van der Waals surface area contributed by atoms with Crippen LogP contribution >= 0.6 is 32.9 Å². The molecule has 5 heteroatoms. The van der Waals surface area contributed by atoms with Gasteiger partial charge >= 0.3 is 0 Å². The van der Waals surface area contributed by atoms with Gasteiger partial charge in [-0.25, -0.2) is 0 Å². The summed E-state index contributed by atoms with van der Waals surface area (Å²) in [7, 11) is 3.39. The lowest BCUT2D eigenvalue weighted by molar-refractivity contribution is 0.0993. The van der Waals surface area contributed by atoms with Crippen molar-refractivity contribution in [3.05, 3.63) is 68.4 Å². The van der Waals surface area contributed by atoms with Gasteiger partial charge in [-0.15, -0.1) is 0 Å². The van der Waals surface area contributed by atoms with Gasteiger partial charge in [0.05, 0.1) is 17.0 Å². The molecule has 3 aromatic rings. The minimum absolute atomic E-state index is 0.133. The fourth-order valence-electron chi connectivity index (χ4n) is 3.54. The largest absolute Gasteiger partial charge is 0.353 e. The van der Waals surface area contributed by atoms with Crippen LogP contribution in [0, 0.1) is 10.7 Å². The Bertz CT molecular complexity index is 1050. The third kappa shape index (κ3) is 2.75. The molecule has 1 aliphatic rings. The quantitative estimate of drug-likeness (QED) is 0.288. The lowest BCUT2D eigenvalue weighted by Gasteiger charge is -2.44. The zero-order valence-corrected chi connectivity index (χ0v) is 17.4. The maximum Gasteiger partial charge on any atom is 0.182 e. The normalized spacial score (nSPS) is 14.7. The molecule has 0 radical (unpaired) electrons. The summed E-state index contributed by atoms with van der Waals surface area (Å²) in [6.45, 7) is 6.81. The highest BCUT2D eigenvalue weighted by Crippen LogP contribution is 2.52. The van der Waals surface area contributed by atoms with Gasteiger partial charge in [0.25, 0.3) is 0 Å². The van der Waals surface area contributed by atoms with Crippen LogP contribution in [0.25, 0.3) is 11.1 Å². The lowest BCUT2D eigenvalue weighted by atomic mass is 9.86. The van der Waals surface area contributed by atoms with Crippen LogP contribution in [0.5, 0.6) is 0 Å². The van der Waals surface area contributed by atoms with Crippen molar-refractivity contribution in [3.63, 3.8) is 0 Å². The maximum atomic E-state index is 13.0. The van der Waals surface area contributed by atoms with Crippen LogP contribution in [0.1, 0.15) is 34.6 Å². The van der Waals surface area contributed by atoms with E-state index in [-0.39, 0.29) is 11.3 Å². The van der Waals surface area contributed by atoms with Crippen molar-refractivity contribution in [1.82, 2.24) is 0 Å². The molecule has 0 atom stereocenters. The molecule has 0 spiro atoms. The van der Waals surface area contributed by atoms with Gasteiger partial charge in [0, 0.05) is 22.4 Å². The summed E-state index contributed by atoms with van der Waals surface area (Å²) in [5.74, 6) is 0.133. The monoisotopic (exact) mass is 397 g/mol. The van der Waals surface area contributed by atoms with E-state index in [1.807, 2.05) is 30.3 Å². The standard InChI is InChI=1S/C21H19NOS3/c1-13-9-10-15-16(11-13)22(12-17(23)14-7-5-4-6-8-14)21(2,3)19-18(15)20(24)26-25-19/h4-11H,12H2,1-3H3. The predicted octanol–water partition coefficient (Wildman–Crippen LogP) is 6.45. The molecule has 2 heterocycles. The number of hydrogen-bond acceptors (Lipinski definition) is 5. The molecule has 2 nitrogen and oxygen atoms in total. The second kappa shape index (κ2) is 6.41. The van der Waals surface area contributed by atoms with Crippen LogP contribution in [-0.4, -0.2) is 12.3 Å². The van der Waals surface area contributed by atoms with E-state index in [1.165, 1.54) is 16.0 Å². The summed E-state index contributed by atoms with van der Waals surface area (Å²) in [6.07, 6.45) is 0. The van der Waals surface area contributed by atoms with E-state index in [0.717, 1.165) is 20.6 Å². The smallest absolute Gasteiger partial charge is 0.182 e. The minimum Gasteiger partial charge on any atom is -0.353 e. The van der Waals surface area contributed by atoms with E-state index >= 15 is 0 Å². The van der Waals surface area contributed by atoms with Gasteiger partial charge in [-0.1, -0.05) is 75.4 Å². The van der Waals surface area contributed by atoms with Crippen LogP contribution in [-0.2, 0) is 5.54 Å². The highest BCUT2D eigenvalue weighted by Gasteiger charge is 2.40. The van der Waals surface area contributed by atoms with E-state index in [1.54, 1.807) is 20.7 Å². The van der Waals surface area contributed by atoms with Crippen molar-refractivity contribution in [2.24, 2.45) is 0 Å². The Morgan fingerprint density at radius 1 is 1.12 bits per heavy atom. The van der Waals surface area contributed by atoms with E-state index < -0.39 is 0 Å². The third-order valence-electron chi connectivity index (χ3n) is 4.97. The zero-order chi connectivity index (χ0) is 18.5. The Morgan fingerprint density at radius 2 is 1.85 bits per heavy atom. The van der Waals surface area contributed by atoms with E-state index in [9.17, 15) is 4.79 Å². The summed E-state index contributed by atoms with van der Waals surface area (Å²) in [5.41, 5.74) is 5.08. The van der Waals surface area contributed by atoms with Crippen LogP contribution in [0.2, 0.25) is 0 Å². The first-order valence-corrected chi connectivity index (χ1v) is 11.1. The summed E-state index contributed by atoms with van der Waals surface area (Å²) in [6, 6.07) is 16.0. The number of carbonyl (C=O) groups is 1. The Hall–Kier alpha value is -1.82. The van der Waals surface area contributed by atoms with Crippen LogP contribution < -0.4 is 4.90 Å². The minimum atomic E-state index is -0.279. The molecule has 0 fully saturated rings. The lowest BCUT2D eigenvalue weighted by Crippen LogP contribution is -2.46. The fraction of sp³-hybridized carbons (Fsp3) is 0.238. The van der Waals surface area contributed by atoms with Gasteiger partial charge < -0.3 is 4.90 Å². The molecule has 132 valence electrons. The Kier molecular flexibility index (Phi) is 4.34. The van der Waals surface area contributed by atoms with Gasteiger partial charge in [0.1, 0.15) is 3.82 Å². The molecule has 0 bridgehead atoms. The first-order valence-electron chi connectivity index (χ1n) is 8.50. The molecule has 0 amide bonds. The highest BCUT2D eigenvalue weighted by molar-refractivity contribution is 7.80. The maximum absolute atomic E-state index is 13.0. The van der Waals surface area contributed by atoms with Crippen molar-refractivity contribution in [3.8, 4) is 11.1 Å². The van der Waals surface area contributed by atoms with E-state index in [0.29, 0.717) is 6.54 Å². The Morgan fingerprint density at radius 3 is 2.58 bits per heavy atom. The van der Waals surface area contributed by atoms with Gasteiger partial charge in [-0.2, -0.15) is 0 Å². The topological polar surface area (TPSA) is 20.3 Å². The number of hydrogen-bond donors (Lipinski definition) is 0. The molecule has 4 rings (SSSR count). The van der Waals surface area contributed by atoms with Crippen molar-refractivity contribution in [2.75, 3.05) is 11.4 Å². The van der Waals surface area contributed by atoms with Crippen LogP contribution in [0.3, 0.4) is 0 Å². The fourth-order valence-corrected chi connectivity index (χ4v) is 6.84. The molecular weight excluding hydrogens is 378 g/mol. The molecular formula is C21H19NOS3. The summed E-state index contributed by atoms with van der Waals surface area (Å²) >= 11 is 5.63. The number of rotatable bonds is 3. The average molecular weight is 398 g/mol. The molecule has 2 aromatic carbocycles. The number of carbonyl (C=O) groups excluding carboxylic acids is 1. The molecule has 1 aromatic heterocycles. The van der Waals surface area contributed by atoms with Crippen molar-refractivity contribution >= 4 is 44.4 Å². The first kappa shape index (κ1) is 17.6. The highest BCUT2D eigenvalue weighted by atomic mass is 32.9. The number of anilines is 1. The Balaban J connectivity index is 1.86. The molecule has 0 aliphatic carbocycles. The van der Waals surface area contributed by atoms with Crippen molar-refractivity contribution in [2.45, 2.75) is 26.3 Å². The molecule has 0 saturated heterocycles. The molecule has 1 aliphatic heterocycles. The molecule has 0 unspecified atom stereocenters. The average Bonchev–Trinajstić information content (AvgIpc) is 3.02. The second-order valence-corrected chi connectivity index (χ2v) is 9.93. The first-order chi connectivity index (χ1) is 12.4. The molecule has 26 heavy (non-hydrogen) atoms. The zero-order valence-electron chi connectivity index (χ0n) is 14.9. The van der Waals surface area contributed by atoms with Gasteiger partial charge in [-0.3, -0.25) is 4.79 Å². The Labute approximate surface area is 166 Å². The van der Waals surface area contributed by atoms with E-state index in [2.05, 4.69) is 43.9 Å². The number of Topliss-reactive ketones (excluding diaryl/α,β-unsaturated/α-hetero) is 1. The number of ketones is 1. The summed E-state index contributed by atoms with van der Waals surface area (Å²) in [4.78, 5) is 16.5. The van der Waals surface area contributed by atoms with Crippen molar-refractivity contribution < 1.29 is 4.79 Å². The number of nitrogens with zero attached hydrogens (tertiary/aromatic N) is 1.